The first-order valence-corrected chi connectivity index (χ1v) is 8.46. The molecule has 1 amide bonds. The van der Waals surface area contributed by atoms with Crippen molar-refractivity contribution in [3.63, 3.8) is 0 Å². The summed E-state index contributed by atoms with van der Waals surface area (Å²) >= 11 is 11.9. The number of aromatic nitrogens is 2. The van der Waals surface area contributed by atoms with Gasteiger partial charge < -0.3 is 10.6 Å². The minimum atomic E-state index is -0.210. The highest BCUT2D eigenvalue weighted by molar-refractivity contribution is 6.42. The molecule has 0 spiro atoms. The Kier molecular flexibility index (Phi) is 6.40. The van der Waals surface area contributed by atoms with Gasteiger partial charge in [-0.1, -0.05) is 37.0 Å². The smallest absolute Gasteiger partial charge is 0.270 e. The number of hydrogen-bond donors (Lipinski definition) is 2. The van der Waals surface area contributed by atoms with Crippen molar-refractivity contribution < 1.29 is 4.79 Å². The zero-order chi connectivity index (χ0) is 17.7. The number of rotatable bonds is 6. The van der Waals surface area contributed by atoms with E-state index >= 15 is 0 Å². The van der Waals surface area contributed by atoms with Crippen molar-refractivity contribution >= 4 is 40.6 Å². The molecule has 0 fully saturated rings. The number of hydrogen-bond acceptors (Lipinski definition) is 4. The van der Waals surface area contributed by atoms with E-state index in [1.165, 1.54) is 0 Å². The predicted octanol–water partition coefficient (Wildman–Crippen LogP) is 4.61. The van der Waals surface area contributed by atoms with Crippen molar-refractivity contribution in [2.45, 2.75) is 27.2 Å². The van der Waals surface area contributed by atoms with Gasteiger partial charge in [-0.05, 0) is 37.5 Å². The van der Waals surface area contributed by atoms with E-state index in [1.54, 1.807) is 31.2 Å². The second-order valence-corrected chi connectivity index (χ2v) is 6.69. The van der Waals surface area contributed by atoms with E-state index in [1.807, 2.05) is 0 Å². The Morgan fingerprint density at radius 3 is 2.58 bits per heavy atom. The highest BCUT2D eigenvalue weighted by atomic mass is 35.5. The molecule has 1 aromatic carbocycles. The van der Waals surface area contributed by atoms with E-state index in [0.717, 1.165) is 12.1 Å². The molecule has 0 aliphatic rings. The quantitative estimate of drug-likeness (QED) is 0.782. The fourth-order valence-electron chi connectivity index (χ4n) is 2.03. The average molecular weight is 367 g/mol. The lowest BCUT2D eigenvalue weighted by Crippen LogP contribution is -2.26. The number of carbonyl (C=O) groups is 1. The first kappa shape index (κ1) is 18.5. The van der Waals surface area contributed by atoms with Crippen LogP contribution in [-0.4, -0.2) is 22.4 Å². The third kappa shape index (κ3) is 5.35. The van der Waals surface area contributed by atoms with Crippen molar-refractivity contribution in [2.24, 2.45) is 5.92 Å². The second-order valence-electron chi connectivity index (χ2n) is 5.88. The molecule has 5 nitrogen and oxygen atoms in total. The van der Waals surface area contributed by atoms with Gasteiger partial charge in [-0.3, -0.25) is 4.79 Å². The SMILES string of the molecule is Cc1nc(Nc2ccc(Cl)c(Cl)c2)cc(C(=O)NCCC(C)C)n1. The van der Waals surface area contributed by atoms with Crippen LogP contribution >= 0.6 is 23.2 Å². The number of benzene rings is 1. The summed E-state index contributed by atoms with van der Waals surface area (Å²) in [5.74, 6) is 1.35. The summed E-state index contributed by atoms with van der Waals surface area (Å²) in [7, 11) is 0. The molecule has 7 heteroatoms. The second kappa shape index (κ2) is 8.31. The number of anilines is 2. The zero-order valence-electron chi connectivity index (χ0n) is 13.9. The summed E-state index contributed by atoms with van der Waals surface area (Å²) in [5.41, 5.74) is 1.06. The van der Waals surface area contributed by atoms with Crippen LogP contribution < -0.4 is 10.6 Å². The predicted molar refractivity (Wildman–Crippen MR) is 98.3 cm³/mol. The Bertz CT molecular complexity index is 735. The van der Waals surface area contributed by atoms with Gasteiger partial charge in [-0.15, -0.1) is 0 Å². The molecule has 24 heavy (non-hydrogen) atoms. The number of amides is 1. The van der Waals surface area contributed by atoms with Crippen molar-refractivity contribution in [2.75, 3.05) is 11.9 Å². The largest absolute Gasteiger partial charge is 0.351 e. The van der Waals surface area contributed by atoms with E-state index in [-0.39, 0.29) is 5.91 Å². The Morgan fingerprint density at radius 1 is 1.17 bits per heavy atom. The summed E-state index contributed by atoms with van der Waals surface area (Å²) < 4.78 is 0. The van der Waals surface area contributed by atoms with E-state index in [0.29, 0.717) is 39.8 Å². The first-order valence-electron chi connectivity index (χ1n) is 7.71. The minimum Gasteiger partial charge on any atom is -0.351 e. The summed E-state index contributed by atoms with van der Waals surface area (Å²) in [6.45, 7) is 6.58. The molecule has 2 aromatic rings. The Hall–Kier alpha value is -1.85. The van der Waals surface area contributed by atoms with Gasteiger partial charge in [-0.2, -0.15) is 0 Å². The molecule has 128 valence electrons. The van der Waals surface area contributed by atoms with Gasteiger partial charge in [0.15, 0.2) is 0 Å². The van der Waals surface area contributed by atoms with Crippen LogP contribution in [0.2, 0.25) is 10.0 Å². The van der Waals surface area contributed by atoms with Gasteiger partial charge >= 0.3 is 0 Å². The first-order chi connectivity index (χ1) is 11.3. The maximum absolute atomic E-state index is 12.2. The number of nitrogens with zero attached hydrogens (tertiary/aromatic N) is 2. The van der Waals surface area contributed by atoms with Crippen molar-refractivity contribution in [3.8, 4) is 0 Å². The molecule has 0 unspecified atom stereocenters. The molecule has 0 saturated heterocycles. The van der Waals surface area contributed by atoms with Gasteiger partial charge in [0.2, 0.25) is 0 Å². The molecule has 0 radical (unpaired) electrons. The maximum atomic E-state index is 12.2. The standard InChI is InChI=1S/C17H20Cl2N4O/c1-10(2)6-7-20-17(24)15-9-16(22-11(3)21-15)23-12-4-5-13(18)14(19)8-12/h4-5,8-10H,6-7H2,1-3H3,(H,20,24)(H,21,22,23). The average Bonchev–Trinajstić information content (AvgIpc) is 2.50. The molecular weight excluding hydrogens is 347 g/mol. The topological polar surface area (TPSA) is 66.9 Å². The van der Waals surface area contributed by atoms with Crippen molar-refractivity contribution in [1.29, 1.82) is 0 Å². The van der Waals surface area contributed by atoms with Crippen LogP contribution in [0.4, 0.5) is 11.5 Å². The van der Waals surface area contributed by atoms with Crippen molar-refractivity contribution in [3.05, 3.63) is 45.8 Å². The van der Waals surface area contributed by atoms with Crippen LogP contribution in [0.25, 0.3) is 0 Å². The lowest BCUT2D eigenvalue weighted by molar-refractivity contribution is 0.0946. The Morgan fingerprint density at radius 2 is 1.92 bits per heavy atom. The third-order valence-corrected chi connectivity index (χ3v) is 4.01. The van der Waals surface area contributed by atoms with Crippen LogP contribution in [0, 0.1) is 12.8 Å². The Labute approximate surface area is 151 Å². The van der Waals surface area contributed by atoms with Crippen molar-refractivity contribution in [1.82, 2.24) is 15.3 Å². The molecule has 0 atom stereocenters. The zero-order valence-corrected chi connectivity index (χ0v) is 15.4. The van der Waals surface area contributed by atoms with Gasteiger partial charge in [0.1, 0.15) is 17.3 Å². The summed E-state index contributed by atoms with van der Waals surface area (Å²) in [5, 5.41) is 6.90. The van der Waals surface area contributed by atoms with Crippen LogP contribution in [0.5, 0.6) is 0 Å². The molecule has 0 saturated carbocycles. The van der Waals surface area contributed by atoms with Crippen LogP contribution in [-0.2, 0) is 0 Å². The molecule has 0 bridgehead atoms. The fourth-order valence-corrected chi connectivity index (χ4v) is 2.33. The van der Waals surface area contributed by atoms with E-state index in [2.05, 4.69) is 34.4 Å². The van der Waals surface area contributed by atoms with Gasteiger partial charge in [0, 0.05) is 18.3 Å². The lowest BCUT2D eigenvalue weighted by atomic mass is 10.1. The normalized spacial score (nSPS) is 10.8. The van der Waals surface area contributed by atoms with Crippen LogP contribution in [0.15, 0.2) is 24.3 Å². The number of halogens is 2. The molecule has 2 N–H and O–H groups in total. The maximum Gasteiger partial charge on any atom is 0.270 e. The molecule has 1 aromatic heterocycles. The summed E-state index contributed by atoms with van der Waals surface area (Å²) in [6, 6.07) is 6.79. The van der Waals surface area contributed by atoms with E-state index in [4.69, 9.17) is 23.2 Å². The number of carbonyl (C=O) groups excluding carboxylic acids is 1. The molecule has 2 rings (SSSR count). The number of aryl methyl sites for hydroxylation is 1. The van der Waals surface area contributed by atoms with Crippen LogP contribution in [0.3, 0.4) is 0 Å². The Balaban J connectivity index is 2.12. The monoisotopic (exact) mass is 366 g/mol. The highest BCUT2D eigenvalue weighted by Crippen LogP contribution is 2.26. The van der Waals surface area contributed by atoms with E-state index < -0.39 is 0 Å². The molecular formula is C17H20Cl2N4O. The minimum absolute atomic E-state index is 0.210. The lowest BCUT2D eigenvalue weighted by Gasteiger charge is -2.10. The third-order valence-electron chi connectivity index (χ3n) is 3.27. The molecule has 0 aliphatic carbocycles. The summed E-state index contributed by atoms with van der Waals surface area (Å²) in [6.07, 6.45) is 0.921. The highest BCUT2D eigenvalue weighted by Gasteiger charge is 2.11. The van der Waals surface area contributed by atoms with E-state index in [9.17, 15) is 4.79 Å². The number of nitrogens with one attached hydrogen (secondary N) is 2. The fraction of sp³-hybridized carbons (Fsp3) is 0.353. The molecule has 1 heterocycles. The van der Waals surface area contributed by atoms with Gasteiger partial charge in [0.25, 0.3) is 5.91 Å². The van der Waals surface area contributed by atoms with Gasteiger partial charge in [0.05, 0.1) is 10.0 Å². The summed E-state index contributed by atoms with van der Waals surface area (Å²) in [4.78, 5) is 20.7. The van der Waals surface area contributed by atoms with Gasteiger partial charge in [-0.25, -0.2) is 9.97 Å². The molecule has 0 aliphatic heterocycles. The van der Waals surface area contributed by atoms with Crippen LogP contribution in [0.1, 0.15) is 36.6 Å².